The molecule has 3 aromatic carbocycles. The molecule has 2 heterocycles. The first kappa shape index (κ1) is 34.1. The number of aliphatic carboxylic acids is 1. The van der Waals surface area contributed by atoms with E-state index in [1.807, 2.05) is 6.07 Å². The lowest BCUT2D eigenvalue weighted by molar-refractivity contribution is -0.269. The van der Waals surface area contributed by atoms with Gasteiger partial charge in [-0.1, -0.05) is 32.0 Å². The molecule has 1 aromatic heterocycles. The highest BCUT2D eigenvalue weighted by atomic mass is 19.4. The summed E-state index contributed by atoms with van der Waals surface area (Å²) in [5.74, 6) is -2.34. The van der Waals surface area contributed by atoms with E-state index in [0.29, 0.717) is 33.3 Å². The number of aryl methyl sites for hydroxylation is 3. The molecule has 4 aromatic rings. The summed E-state index contributed by atoms with van der Waals surface area (Å²) in [6.07, 6.45) is -5.93. The maximum Gasteiger partial charge on any atom is 0.417 e. The molecule has 0 radical (unpaired) electrons. The van der Waals surface area contributed by atoms with E-state index in [0.717, 1.165) is 10.5 Å². The van der Waals surface area contributed by atoms with Crippen molar-refractivity contribution >= 4 is 22.8 Å². The average Bonchev–Trinajstić information content (AvgIpc) is 3.59. The first-order valence-electron chi connectivity index (χ1n) is 15.3. The lowest BCUT2D eigenvalue weighted by Gasteiger charge is -2.38. The summed E-state index contributed by atoms with van der Waals surface area (Å²) in [6, 6.07) is 12.7. The van der Waals surface area contributed by atoms with Crippen LogP contribution in [0.5, 0.6) is 0 Å². The van der Waals surface area contributed by atoms with Gasteiger partial charge in [0.05, 0.1) is 23.5 Å². The van der Waals surface area contributed by atoms with Gasteiger partial charge in [0.15, 0.2) is 5.60 Å². The molecule has 3 N–H and O–H groups in total. The van der Waals surface area contributed by atoms with Gasteiger partial charge in [0.25, 0.3) is 5.91 Å². The van der Waals surface area contributed by atoms with Gasteiger partial charge < -0.3 is 20.2 Å². The third-order valence-corrected chi connectivity index (χ3v) is 9.08. The van der Waals surface area contributed by atoms with Crippen LogP contribution in [0.2, 0.25) is 0 Å². The van der Waals surface area contributed by atoms with Crippen LogP contribution in [0.1, 0.15) is 65.7 Å². The third-order valence-electron chi connectivity index (χ3n) is 9.08. The minimum atomic E-state index is -4.96. The predicted octanol–water partition coefficient (Wildman–Crippen LogP) is 6.04. The fraction of sp³-hybridized carbons (Fsp3) is 0.400. The van der Waals surface area contributed by atoms with Gasteiger partial charge in [0.1, 0.15) is 11.9 Å². The van der Waals surface area contributed by atoms with Crippen molar-refractivity contribution in [3.63, 3.8) is 0 Å². The molecule has 1 saturated heterocycles. The number of amides is 1. The van der Waals surface area contributed by atoms with Crippen LogP contribution in [0.3, 0.4) is 0 Å². The number of aliphatic hydroxyl groups excluding tert-OH is 1. The van der Waals surface area contributed by atoms with Gasteiger partial charge in [-0.25, -0.2) is 13.9 Å². The number of aromatic nitrogens is 2. The number of likely N-dealkylation sites (tertiary alicyclic amines) is 1. The number of carbonyl (C=O) groups is 2. The van der Waals surface area contributed by atoms with Gasteiger partial charge in [0.2, 0.25) is 0 Å². The van der Waals surface area contributed by atoms with Crippen LogP contribution in [-0.4, -0.2) is 72.3 Å². The summed E-state index contributed by atoms with van der Waals surface area (Å²) < 4.78 is 59.2. The topological polar surface area (TPSA) is 116 Å². The first-order chi connectivity index (χ1) is 21.9. The molecule has 1 amide bonds. The lowest BCUT2D eigenvalue weighted by atomic mass is 9.72. The summed E-state index contributed by atoms with van der Waals surface area (Å²) in [4.78, 5) is 26.1. The van der Waals surface area contributed by atoms with Crippen molar-refractivity contribution in [2.45, 2.75) is 82.7 Å². The number of rotatable bonds is 9. The van der Waals surface area contributed by atoms with Crippen molar-refractivity contribution in [3.05, 3.63) is 94.4 Å². The maximum atomic E-state index is 14.5. The number of hydrogen-bond donors (Lipinski definition) is 3. The highest BCUT2D eigenvalue weighted by molar-refractivity contribution is 5.97. The molecule has 47 heavy (non-hydrogen) atoms. The Kier molecular flexibility index (Phi) is 8.97. The van der Waals surface area contributed by atoms with Gasteiger partial charge in [-0.15, -0.1) is 0 Å². The molecule has 1 aliphatic heterocycles. The number of aliphatic hydroxyl groups is 2. The van der Waals surface area contributed by atoms with Crippen molar-refractivity contribution in [2.75, 3.05) is 6.54 Å². The second kappa shape index (κ2) is 12.4. The van der Waals surface area contributed by atoms with Crippen LogP contribution in [-0.2, 0) is 16.6 Å². The van der Waals surface area contributed by atoms with Gasteiger partial charge >= 0.3 is 12.1 Å². The number of carboxylic acid groups (broad SMARTS) is 1. The Morgan fingerprint density at radius 1 is 1.04 bits per heavy atom. The zero-order valence-electron chi connectivity index (χ0n) is 26.5. The van der Waals surface area contributed by atoms with E-state index in [1.54, 1.807) is 56.6 Å². The molecule has 3 atom stereocenters. The Bertz CT molecular complexity index is 1840. The van der Waals surface area contributed by atoms with Crippen molar-refractivity contribution in [2.24, 2.45) is 0 Å². The molecule has 5 rings (SSSR count). The molecule has 0 saturated carbocycles. The molecule has 8 nitrogen and oxygen atoms in total. The van der Waals surface area contributed by atoms with E-state index in [2.05, 4.69) is 5.10 Å². The summed E-state index contributed by atoms with van der Waals surface area (Å²) in [5.41, 5.74) is -0.774. The van der Waals surface area contributed by atoms with Crippen LogP contribution < -0.4 is 0 Å². The largest absolute Gasteiger partial charge is 0.480 e. The van der Waals surface area contributed by atoms with Crippen molar-refractivity contribution in [1.82, 2.24) is 14.7 Å². The number of fused-ring (bicyclic) bond motifs is 1. The molecule has 0 spiro atoms. The Morgan fingerprint density at radius 2 is 1.77 bits per heavy atom. The molecule has 1 unspecified atom stereocenters. The Hall–Kier alpha value is -4.29. The maximum absolute atomic E-state index is 14.5. The summed E-state index contributed by atoms with van der Waals surface area (Å²) in [6.45, 7) is 6.49. The van der Waals surface area contributed by atoms with Gasteiger partial charge in [-0.05, 0) is 97.2 Å². The first-order valence-corrected chi connectivity index (χ1v) is 15.3. The molecular weight excluding hydrogens is 618 g/mol. The van der Waals surface area contributed by atoms with Gasteiger partial charge in [0, 0.05) is 23.9 Å². The number of β-amino-alcohol motifs (C(OH)–C–C–N with tert-alkyl or cyclic N) is 1. The highest BCUT2D eigenvalue weighted by Gasteiger charge is 2.55. The predicted molar refractivity (Wildman–Crippen MR) is 167 cm³/mol. The quantitative estimate of drug-likeness (QED) is 0.190. The molecular formula is C35H37F4N3O5. The van der Waals surface area contributed by atoms with Crippen molar-refractivity contribution in [3.8, 4) is 5.69 Å². The standard InChI is InChI=1S/C35H37F4N3O5/c1-20-12-22(10-11-34(47,35(37,38)39)19-33(3,4)28-15-24(36)9-8-21(28)2)27-17-40-42(29(27)13-20)25-7-5-6-23(14-25)31(44)41-18-26(43)16-30(41)32(45)46/h5-9,12-15,17,26,30,43,47H,10-11,16,18-19H2,1-4H3,(H,45,46)/t26-,30-,34?/m1/s1. The zero-order valence-corrected chi connectivity index (χ0v) is 26.5. The lowest BCUT2D eigenvalue weighted by Crippen LogP contribution is -2.49. The van der Waals surface area contributed by atoms with Gasteiger partial charge in [-0.2, -0.15) is 18.3 Å². The molecule has 12 heteroatoms. The second-order valence-electron chi connectivity index (χ2n) is 13.2. The number of alkyl halides is 3. The van der Waals surface area contributed by atoms with Crippen molar-refractivity contribution < 1.29 is 42.5 Å². The van der Waals surface area contributed by atoms with E-state index in [1.165, 1.54) is 30.5 Å². The Labute approximate surface area is 269 Å². The summed E-state index contributed by atoms with van der Waals surface area (Å²) in [5, 5.41) is 35.8. The Balaban J connectivity index is 1.44. The zero-order chi connectivity index (χ0) is 34.5. The monoisotopic (exact) mass is 655 g/mol. The number of nitrogens with zero attached hydrogens (tertiary/aromatic N) is 3. The van der Waals surface area contributed by atoms with Crippen LogP contribution in [0, 0.1) is 19.7 Å². The smallest absolute Gasteiger partial charge is 0.417 e. The number of halogens is 4. The number of carboxylic acids is 1. The van der Waals surface area contributed by atoms with Crippen LogP contribution in [0.4, 0.5) is 17.6 Å². The SMILES string of the molecule is Cc1cc(CCC(O)(CC(C)(C)c2cc(F)ccc2C)C(F)(F)F)c2cnn(-c3cccc(C(=O)N4C[C@H](O)C[C@@H]4C(=O)O)c3)c2c1. The molecule has 250 valence electrons. The summed E-state index contributed by atoms with van der Waals surface area (Å²) in [7, 11) is 0. The minimum Gasteiger partial charge on any atom is -0.480 e. The minimum absolute atomic E-state index is 0.0714. The molecule has 0 aliphatic carbocycles. The van der Waals surface area contributed by atoms with E-state index in [-0.39, 0.29) is 24.9 Å². The van der Waals surface area contributed by atoms with E-state index in [4.69, 9.17) is 0 Å². The normalized spacial score (nSPS) is 18.5. The van der Waals surface area contributed by atoms with E-state index >= 15 is 0 Å². The number of benzene rings is 3. The summed E-state index contributed by atoms with van der Waals surface area (Å²) >= 11 is 0. The third kappa shape index (κ3) is 6.75. The van der Waals surface area contributed by atoms with Crippen LogP contribution >= 0.6 is 0 Å². The van der Waals surface area contributed by atoms with Crippen molar-refractivity contribution in [1.29, 1.82) is 0 Å². The van der Waals surface area contributed by atoms with Crippen LogP contribution in [0.15, 0.2) is 60.8 Å². The fourth-order valence-electron chi connectivity index (χ4n) is 6.80. The number of carbonyl (C=O) groups excluding carboxylic acids is 1. The second-order valence-corrected chi connectivity index (χ2v) is 13.2. The number of hydrogen-bond acceptors (Lipinski definition) is 5. The van der Waals surface area contributed by atoms with Gasteiger partial charge in [-0.3, -0.25) is 4.79 Å². The van der Waals surface area contributed by atoms with E-state index in [9.17, 15) is 42.5 Å². The van der Waals surface area contributed by atoms with Crippen LogP contribution in [0.25, 0.3) is 16.6 Å². The van der Waals surface area contributed by atoms with E-state index < -0.39 is 59.9 Å². The fourth-order valence-corrected chi connectivity index (χ4v) is 6.80. The Morgan fingerprint density at radius 3 is 2.45 bits per heavy atom. The highest BCUT2D eigenvalue weighted by Crippen LogP contribution is 2.44. The average molecular weight is 656 g/mol. The molecule has 1 aliphatic rings. The molecule has 0 bridgehead atoms. The molecule has 1 fully saturated rings.